The summed E-state index contributed by atoms with van der Waals surface area (Å²) in [6.07, 6.45) is 2.99. The third-order valence-corrected chi connectivity index (χ3v) is 3.54. The number of carbonyl (C=O) groups excluding carboxylic acids is 1. The maximum absolute atomic E-state index is 11.3. The molecule has 0 spiro atoms. The molecule has 24 heavy (non-hydrogen) atoms. The van der Waals surface area contributed by atoms with E-state index in [1.54, 1.807) is 33.4 Å². The molecule has 0 saturated heterocycles. The summed E-state index contributed by atoms with van der Waals surface area (Å²) in [7, 11) is 3.25. The van der Waals surface area contributed by atoms with Gasteiger partial charge in [0.2, 0.25) is 5.91 Å². The van der Waals surface area contributed by atoms with Crippen LogP contribution in [0.15, 0.2) is 36.5 Å². The summed E-state index contributed by atoms with van der Waals surface area (Å²) < 4.78 is 10.5. The molecule has 128 valence electrons. The van der Waals surface area contributed by atoms with Crippen molar-refractivity contribution in [2.24, 2.45) is 0 Å². The zero-order valence-corrected chi connectivity index (χ0v) is 14.3. The number of ether oxygens (including phenoxy) is 2. The number of rotatable bonds is 8. The Bertz CT molecular complexity index is 672. The standard InChI is InChI=1S/C18H23N3O3/c1-4-18(22)21-17-8-6-14(12-20-17)19-10-9-13-5-7-15(23-2)16(11-13)24-3/h5-8,11-12,19H,4,9-10H2,1-3H3,(H,20,21,22). The molecule has 6 nitrogen and oxygen atoms in total. The molecule has 0 bridgehead atoms. The molecule has 1 heterocycles. The predicted octanol–water partition coefficient (Wildman–Crippen LogP) is 3.10. The molecular formula is C18H23N3O3. The minimum atomic E-state index is -0.0448. The number of amides is 1. The van der Waals surface area contributed by atoms with Crippen LogP contribution in [-0.2, 0) is 11.2 Å². The molecule has 0 unspecified atom stereocenters. The van der Waals surface area contributed by atoms with Crippen LogP contribution in [0.25, 0.3) is 0 Å². The van der Waals surface area contributed by atoms with Gasteiger partial charge in [-0.15, -0.1) is 0 Å². The van der Waals surface area contributed by atoms with E-state index in [-0.39, 0.29) is 5.91 Å². The Morgan fingerprint density at radius 2 is 1.92 bits per heavy atom. The highest BCUT2D eigenvalue weighted by Gasteiger charge is 2.05. The van der Waals surface area contributed by atoms with Crippen molar-refractivity contribution in [2.75, 3.05) is 31.4 Å². The molecular weight excluding hydrogens is 306 g/mol. The minimum Gasteiger partial charge on any atom is -0.493 e. The van der Waals surface area contributed by atoms with Crippen molar-refractivity contribution < 1.29 is 14.3 Å². The van der Waals surface area contributed by atoms with Crippen molar-refractivity contribution in [1.82, 2.24) is 4.98 Å². The number of methoxy groups -OCH3 is 2. The summed E-state index contributed by atoms with van der Waals surface area (Å²) in [6.45, 7) is 2.57. The van der Waals surface area contributed by atoms with Crippen LogP contribution >= 0.6 is 0 Å². The predicted molar refractivity (Wildman–Crippen MR) is 94.9 cm³/mol. The van der Waals surface area contributed by atoms with Gasteiger partial charge >= 0.3 is 0 Å². The lowest BCUT2D eigenvalue weighted by Gasteiger charge is -2.11. The zero-order valence-electron chi connectivity index (χ0n) is 14.3. The van der Waals surface area contributed by atoms with Gasteiger partial charge < -0.3 is 20.1 Å². The monoisotopic (exact) mass is 329 g/mol. The number of hydrogen-bond acceptors (Lipinski definition) is 5. The molecule has 2 aromatic rings. The average molecular weight is 329 g/mol. The first-order valence-corrected chi connectivity index (χ1v) is 7.87. The summed E-state index contributed by atoms with van der Waals surface area (Å²) in [4.78, 5) is 15.5. The highest BCUT2D eigenvalue weighted by molar-refractivity contribution is 5.89. The molecule has 6 heteroatoms. The number of carbonyl (C=O) groups is 1. The Morgan fingerprint density at radius 3 is 2.54 bits per heavy atom. The van der Waals surface area contributed by atoms with Crippen molar-refractivity contribution in [3.05, 3.63) is 42.1 Å². The summed E-state index contributed by atoms with van der Waals surface area (Å²) in [6, 6.07) is 9.58. The van der Waals surface area contributed by atoms with Crippen LogP contribution in [0.2, 0.25) is 0 Å². The minimum absolute atomic E-state index is 0.0448. The van der Waals surface area contributed by atoms with Crippen LogP contribution in [0.4, 0.5) is 11.5 Å². The van der Waals surface area contributed by atoms with Gasteiger partial charge in [0.1, 0.15) is 5.82 Å². The first kappa shape index (κ1) is 17.6. The maximum Gasteiger partial charge on any atom is 0.225 e. The Kier molecular flexibility index (Phi) is 6.42. The summed E-state index contributed by atoms with van der Waals surface area (Å²) in [5.41, 5.74) is 2.06. The molecule has 0 aliphatic heterocycles. The third kappa shape index (κ3) is 4.87. The van der Waals surface area contributed by atoms with Crippen molar-refractivity contribution in [1.29, 1.82) is 0 Å². The molecule has 0 saturated carbocycles. The molecule has 1 amide bonds. The van der Waals surface area contributed by atoms with Gasteiger partial charge in [0, 0.05) is 13.0 Å². The largest absolute Gasteiger partial charge is 0.493 e. The second-order valence-electron chi connectivity index (χ2n) is 5.20. The molecule has 0 fully saturated rings. The summed E-state index contributed by atoms with van der Waals surface area (Å²) in [5, 5.41) is 6.03. The van der Waals surface area contributed by atoms with Crippen molar-refractivity contribution >= 4 is 17.4 Å². The average Bonchev–Trinajstić information content (AvgIpc) is 2.62. The molecule has 1 aromatic carbocycles. The van der Waals surface area contributed by atoms with E-state index >= 15 is 0 Å². The highest BCUT2D eigenvalue weighted by Crippen LogP contribution is 2.27. The molecule has 1 aromatic heterocycles. The number of nitrogens with one attached hydrogen (secondary N) is 2. The second-order valence-corrected chi connectivity index (χ2v) is 5.20. The number of pyridine rings is 1. The van der Waals surface area contributed by atoms with Crippen molar-refractivity contribution in [2.45, 2.75) is 19.8 Å². The van der Waals surface area contributed by atoms with Crippen LogP contribution in [0, 0.1) is 0 Å². The second kappa shape index (κ2) is 8.76. The fourth-order valence-corrected chi connectivity index (χ4v) is 2.19. The number of hydrogen-bond donors (Lipinski definition) is 2. The quantitative estimate of drug-likeness (QED) is 0.778. The van der Waals surface area contributed by atoms with E-state index in [1.807, 2.05) is 24.3 Å². The van der Waals surface area contributed by atoms with E-state index in [1.165, 1.54) is 0 Å². The molecule has 0 atom stereocenters. The number of nitrogens with zero attached hydrogens (tertiary/aromatic N) is 1. The van der Waals surface area contributed by atoms with E-state index in [2.05, 4.69) is 15.6 Å². The fraction of sp³-hybridized carbons (Fsp3) is 0.333. The lowest BCUT2D eigenvalue weighted by atomic mass is 10.1. The SMILES string of the molecule is CCC(=O)Nc1ccc(NCCc2ccc(OC)c(OC)c2)cn1. The van der Waals surface area contributed by atoms with Gasteiger partial charge in [-0.2, -0.15) is 0 Å². The number of anilines is 2. The highest BCUT2D eigenvalue weighted by atomic mass is 16.5. The third-order valence-electron chi connectivity index (χ3n) is 3.54. The van der Waals surface area contributed by atoms with Gasteiger partial charge in [0.25, 0.3) is 0 Å². The Hall–Kier alpha value is -2.76. The van der Waals surface area contributed by atoms with Crippen LogP contribution in [0.1, 0.15) is 18.9 Å². The molecule has 2 N–H and O–H groups in total. The Balaban J connectivity index is 1.86. The van der Waals surface area contributed by atoms with Gasteiger partial charge in [-0.1, -0.05) is 13.0 Å². The van der Waals surface area contributed by atoms with E-state index in [9.17, 15) is 4.79 Å². The van der Waals surface area contributed by atoms with Gasteiger partial charge in [-0.25, -0.2) is 4.98 Å². The van der Waals surface area contributed by atoms with Crippen LogP contribution in [-0.4, -0.2) is 31.7 Å². The Morgan fingerprint density at radius 1 is 1.12 bits per heavy atom. The lowest BCUT2D eigenvalue weighted by molar-refractivity contribution is -0.115. The normalized spacial score (nSPS) is 10.1. The van der Waals surface area contributed by atoms with E-state index in [4.69, 9.17) is 9.47 Å². The number of aromatic nitrogens is 1. The molecule has 0 aliphatic rings. The van der Waals surface area contributed by atoms with Crippen molar-refractivity contribution in [3.8, 4) is 11.5 Å². The van der Waals surface area contributed by atoms with Gasteiger partial charge in [-0.05, 0) is 36.2 Å². The Labute approximate surface area is 142 Å². The topological polar surface area (TPSA) is 72.5 Å². The van der Waals surface area contributed by atoms with Crippen LogP contribution < -0.4 is 20.1 Å². The van der Waals surface area contributed by atoms with Gasteiger partial charge in [0.05, 0.1) is 26.1 Å². The van der Waals surface area contributed by atoms with E-state index in [0.29, 0.717) is 12.2 Å². The molecule has 0 aliphatic carbocycles. The van der Waals surface area contributed by atoms with E-state index < -0.39 is 0 Å². The van der Waals surface area contributed by atoms with Crippen LogP contribution in [0.5, 0.6) is 11.5 Å². The zero-order chi connectivity index (χ0) is 17.4. The maximum atomic E-state index is 11.3. The molecule has 2 rings (SSSR count). The van der Waals surface area contributed by atoms with E-state index in [0.717, 1.165) is 35.7 Å². The first-order valence-electron chi connectivity index (χ1n) is 7.87. The molecule has 0 radical (unpaired) electrons. The summed E-state index contributed by atoms with van der Waals surface area (Å²) >= 11 is 0. The van der Waals surface area contributed by atoms with Crippen LogP contribution in [0.3, 0.4) is 0 Å². The van der Waals surface area contributed by atoms with Gasteiger partial charge in [-0.3, -0.25) is 4.79 Å². The summed E-state index contributed by atoms with van der Waals surface area (Å²) in [5.74, 6) is 1.97. The number of benzene rings is 1. The lowest BCUT2D eigenvalue weighted by Crippen LogP contribution is -2.11. The fourth-order valence-electron chi connectivity index (χ4n) is 2.19. The van der Waals surface area contributed by atoms with Gasteiger partial charge in [0.15, 0.2) is 11.5 Å². The smallest absolute Gasteiger partial charge is 0.225 e. The van der Waals surface area contributed by atoms with Crippen molar-refractivity contribution in [3.63, 3.8) is 0 Å². The first-order chi connectivity index (χ1) is 11.7.